The fourth-order valence-electron chi connectivity index (χ4n) is 6.53. The summed E-state index contributed by atoms with van der Waals surface area (Å²) in [4.78, 5) is 42.2. The third-order valence-electron chi connectivity index (χ3n) is 8.36. The molecule has 2 aromatic rings. The van der Waals surface area contributed by atoms with Crippen molar-refractivity contribution < 1.29 is 23.9 Å². The Morgan fingerprint density at radius 1 is 0.917 bits per heavy atom. The lowest BCUT2D eigenvalue weighted by molar-refractivity contribution is -0.153. The number of rotatable bonds is 9. The molecule has 2 saturated carbocycles. The van der Waals surface area contributed by atoms with Crippen molar-refractivity contribution in [3.8, 4) is 11.5 Å². The van der Waals surface area contributed by atoms with Crippen LogP contribution in [0.2, 0.25) is 0 Å². The number of imide groups is 1. The standard InChI is InChI=1S/C30H31NO5/c1-2-3-15-35-19-9-11-20(12-10-19)36-30(34)25(16-18-7-5-4-6-8-18)31-28(32)26-21-13-14-22(24-17-23(21)24)27(26)29(31)33/h4-14,21-27H,2-3,15-17H2,1H3/t21-,22-,23-,24-,25-,26-,27+/m0/s1. The minimum absolute atomic E-state index is 0.111. The molecule has 0 aromatic heterocycles. The lowest BCUT2D eigenvalue weighted by atomic mass is 9.63. The molecule has 6 nitrogen and oxygen atoms in total. The number of hydrogen-bond donors (Lipinski definition) is 0. The summed E-state index contributed by atoms with van der Waals surface area (Å²) in [6.07, 6.45) is 7.63. The van der Waals surface area contributed by atoms with Gasteiger partial charge >= 0.3 is 5.97 Å². The zero-order chi connectivity index (χ0) is 24.8. The molecule has 4 aliphatic carbocycles. The number of nitrogens with zero attached hydrogens (tertiary/aromatic N) is 1. The van der Waals surface area contributed by atoms with Gasteiger partial charge in [-0.2, -0.15) is 0 Å². The summed E-state index contributed by atoms with van der Waals surface area (Å²) in [7, 11) is 0. The van der Waals surface area contributed by atoms with E-state index in [9.17, 15) is 14.4 Å². The predicted molar refractivity (Wildman–Crippen MR) is 133 cm³/mol. The molecule has 2 bridgehead atoms. The van der Waals surface area contributed by atoms with E-state index in [0.29, 0.717) is 29.9 Å². The molecule has 1 saturated heterocycles. The van der Waals surface area contributed by atoms with Gasteiger partial charge in [0, 0.05) is 6.42 Å². The second kappa shape index (κ2) is 9.23. The summed E-state index contributed by atoms with van der Waals surface area (Å²) in [5.41, 5.74) is 0.874. The lowest BCUT2D eigenvalue weighted by Crippen LogP contribution is -2.48. The maximum absolute atomic E-state index is 13.7. The highest BCUT2D eigenvalue weighted by atomic mass is 16.5. The Balaban J connectivity index is 1.24. The first-order valence-electron chi connectivity index (χ1n) is 13.1. The number of unbranched alkanes of at least 4 members (excludes halogenated alkanes) is 1. The number of carbonyl (C=O) groups is 3. The minimum Gasteiger partial charge on any atom is -0.494 e. The van der Waals surface area contributed by atoms with Crippen LogP contribution in [0.15, 0.2) is 66.7 Å². The molecule has 2 aromatic carbocycles. The van der Waals surface area contributed by atoms with Gasteiger partial charge in [0.2, 0.25) is 11.8 Å². The van der Waals surface area contributed by atoms with Gasteiger partial charge in [-0.15, -0.1) is 0 Å². The van der Waals surface area contributed by atoms with Gasteiger partial charge in [-0.05, 0) is 66.3 Å². The number of amides is 2. The fraction of sp³-hybridized carbons (Fsp3) is 0.433. The Hall–Kier alpha value is -3.41. The molecule has 7 rings (SSSR count). The average molecular weight is 486 g/mol. The molecule has 1 aliphatic heterocycles. The molecule has 0 N–H and O–H groups in total. The van der Waals surface area contributed by atoms with Crippen LogP contribution in [0.25, 0.3) is 0 Å². The van der Waals surface area contributed by atoms with E-state index in [2.05, 4.69) is 19.1 Å². The van der Waals surface area contributed by atoms with Gasteiger partial charge in [0.25, 0.3) is 0 Å². The van der Waals surface area contributed by atoms with Crippen molar-refractivity contribution in [2.24, 2.45) is 35.5 Å². The number of carbonyl (C=O) groups excluding carboxylic acids is 3. The van der Waals surface area contributed by atoms with Gasteiger partial charge in [-0.3, -0.25) is 14.5 Å². The topological polar surface area (TPSA) is 72.9 Å². The van der Waals surface area contributed by atoms with E-state index in [0.717, 1.165) is 24.8 Å². The zero-order valence-electron chi connectivity index (χ0n) is 20.4. The Labute approximate surface area is 211 Å². The van der Waals surface area contributed by atoms with Crippen LogP contribution in [0, 0.1) is 35.5 Å². The first-order chi connectivity index (χ1) is 17.6. The normalized spacial score (nSPS) is 30.1. The number of esters is 1. The fourth-order valence-corrected chi connectivity index (χ4v) is 6.53. The van der Waals surface area contributed by atoms with E-state index in [1.165, 1.54) is 4.90 Å². The Morgan fingerprint density at radius 3 is 2.14 bits per heavy atom. The number of allylic oxidation sites excluding steroid dienone is 2. The maximum atomic E-state index is 13.7. The van der Waals surface area contributed by atoms with Crippen LogP contribution in [-0.2, 0) is 20.8 Å². The summed E-state index contributed by atoms with van der Waals surface area (Å²) in [5.74, 6) is 0.596. The summed E-state index contributed by atoms with van der Waals surface area (Å²) in [6.45, 7) is 2.74. The molecule has 0 spiro atoms. The molecular formula is C30H31NO5. The van der Waals surface area contributed by atoms with Gasteiger partial charge in [-0.25, -0.2) is 4.79 Å². The average Bonchev–Trinajstić information content (AvgIpc) is 3.68. The smallest absolute Gasteiger partial charge is 0.335 e. The summed E-state index contributed by atoms with van der Waals surface area (Å²) < 4.78 is 11.4. The van der Waals surface area contributed by atoms with Crippen LogP contribution in [0.5, 0.6) is 11.5 Å². The summed E-state index contributed by atoms with van der Waals surface area (Å²) in [6, 6.07) is 15.4. The van der Waals surface area contributed by atoms with Gasteiger partial charge in [0.1, 0.15) is 17.5 Å². The highest BCUT2D eigenvalue weighted by molar-refractivity contribution is 6.09. The van der Waals surface area contributed by atoms with Crippen LogP contribution >= 0.6 is 0 Å². The minimum atomic E-state index is -1.01. The maximum Gasteiger partial charge on any atom is 0.335 e. The largest absolute Gasteiger partial charge is 0.494 e. The number of hydrogen-bond acceptors (Lipinski definition) is 5. The molecular weight excluding hydrogens is 454 g/mol. The monoisotopic (exact) mass is 485 g/mol. The van der Waals surface area contributed by atoms with Crippen LogP contribution in [0.4, 0.5) is 0 Å². The van der Waals surface area contributed by atoms with Crippen molar-refractivity contribution in [1.29, 1.82) is 0 Å². The Kier molecular flexibility index (Phi) is 5.90. The van der Waals surface area contributed by atoms with Crippen molar-refractivity contribution in [3.63, 3.8) is 0 Å². The van der Waals surface area contributed by atoms with E-state index in [4.69, 9.17) is 9.47 Å². The molecule has 6 heteroatoms. The molecule has 2 amide bonds. The van der Waals surface area contributed by atoms with Gasteiger partial charge in [-0.1, -0.05) is 55.8 Å². The van der Waals surface area contributed by atoms with E-state index in [1.807, 2.05) is 30.3 Å². The van der Waals surface area contributed by atoms with Crippen molar-refractivity contribution >= 4 is 17.8 Å². The molecule has 1 heterocycles. The molecule has 7 atom stereocenters. The van der Waals surface area contributed by atoms with Crippen LogP contribution < -0.4 is 9.47 Å². The first-order valence-corrected chi connectivity index (χ1v) is 13.1. The van der Waals surface area contributed by atoms with Crippen LogP contribution in [0.3, 0.4) is 0 Å². The molecule has 0 radical (unpaired) electrons. The van der Waals surface area contributed by atoms with Crippen molar-refractivity contribution in [2.45, 2.75) is 38.6 Å². The van der Waals surface area contributed by atoms with E-state index in [-0.39, 0.29) is 41.9 Å². The van der Waals surface area contributed by atoms with Gasteiger partial charge in [0.05, 0.1) is 18.4 Å². The van der Waals surface area contributed by atoms with Crippen molar-refractivity contribution in [2.75, 3.05) is 6.61 Å². The SMILES string of the molecule is CCCCOc1ccc(OC(=O)[C@H](Cc2ccccc2)N2C(=O)[C@@H]3[C@H]4C=C[C@@H]([C@@H]5C[C@@H]45)[C@@H]3C2=O)cc1. The van der Waals surface area contributed by atoms with Gasteiger partial charge in [0.15, 0.2) is 0 Å². The Bertz CT molecular complexity index is 1150. The van der Waals surface area contributed by atoms with E-state index in [1.54, 1.807) is 24.3 Å². The van der Waals surface area contributed by atoms with Gasteiger partial charge < -0.3 is 9.47 Å². The number of benzene rings is 2. The van der Waals surface area contributed by atoms with Crippen LogP contribution in [0.1, 0.15) is 31.7 Å². The molecule has 5 aliphatic rings. The van der Waals surface area contributed by atoms with Crippen molar-refractivity contribution in [1.82, 2.24) is 4.90 Å². The third-order valence-corrected chi connectivity index (χ3v) is 8.36. The molecule has 186 valence electrons. The molecule has 0 unspecified atom stereocenters. The predicted octanol–water partition coefficient (Wildman–Crippen LogP) is 4.44. The number of ether oxygens (including phenoxy) is 2. The summed E-state index contributed by atoms with van der Waals surface area (Å²) >= 11 is 0. The van der Waals surface area contributed by atoms with E-state index >= 15 is 0 Å². The third kappa shape index (κ3) is 3.93. The van der Waals surface area contributed by atoms with Crippen LogP contribution in [-0.4, -0.2) is 35.3 Å². The lowest BCUT2D eigenvalue weighted by Gasteiger charge is -2.37. The second-order valence-electron chi connectivity index (χ2n) is 10.5. The number of likely N-dealkylation sites (tertiary alicyclic amines) is 1. The second-order valence-corrected chi connectivity index (χ2v) is 10.5. The summed E-state index contributed by atoms with van der Waals surface area (Å²) in [5, 5.41) is 0. The molecule has 3 fully saturated rings. The zero-order valence-corrected chi connectivity index (χ0v) is 20.4. The van der Waals surface area contributed by atoms with E-state index < -0.39 is 12.0 Å². The highest BCUT2D eigenvalue weighted by Gasteiger charge is 2.68. The highest BCUT2D eigenvalue weighted by Crippen LogP contribution is 2.65. The van der Waals surface area contributed by atoms with Crippen molar-refractivity contribution in [3.05, 3.63) is 72.3 Å². The Morgan fingerprint density at radius 2 is 1.53 bits per heavy atom. The quantitative estimate of drug-likeness (QED) is 0.173. The first kappa shape index (κ1) is 23.0. The molecule has 36 heavy (non-hydrogen) atoms.